The summed E-state index contributed by atoms with van der Waals surface area (Å²) in [5, 5.41) is 14.1. The van der Waals surface area contributed by atoms with Crippen LogP contribution in [0.15, 0.2) is 97.2 Å². The summed E-state index contributed by atoms with van der Waals surface area (Å²) in [4.78, 5) is 19.8. The van der Waals surface area contributed by atoms with Gasteiger partial charge in [0.1, 0.15) is 5.75 Å². The second-order valence-electron chi connectivity index (χ2n) is 10.6. The van der Waals surface area contributed by atoms with Gasteiger partial charge in [-0.2, -0.15) is 0 Å². The molecule has 0 aliphatic carbocycles. The lowest BCUT2D eigenvalue weighted by molar-refractivity contribution is 0.101. The van der Waals surface area contributed by atoms with Gasteiger partial charge >= 0.3 is 0 Å². The number of fused-ring (bicyclic) bond motifs is 1. The first kappa shape index (κ1) is 28.3. The third-order valence-electron chi connectivity index (χ3n) is 7.78. The fraction of sp³-hybridized carbons (Fsp3) is 0.200. The van der Waals surface area contributed by atoms with E-state index < -0.39 is 0 Å². The van der Waals surface area contributed by atoms with Crippen LogP contribution in [0.3, 0.4) is 0 Å². The maximum atomic E-state index is 12.7. The molecule has 1 fully saturated rings. The highest BCUT2D eigenvalue weighted by Crippen LogP contribution is 2.34. The van der Waals surface area contributed by atoms with Gasteiger partial charge in [-0.15, -0.1) is 12.4 Å². The Morgan fingerprint density at radius 3 is 2.17 bits per heavy atom. The van der Waals surface area contributed by atoms with E-state index in [1.165, 1.54) is 31.5 Å². The molecule has 0 unspecified atom stereocenters. The lowest BCUT2D eigenvalue weighted by atomic mass is 9.98. The molecule has 208 valence electrons. The maximum absolute atomic E-state index is 12.7. The number of carbonyl (C=O) groups excluding carboxylic acids is 1. The molecule has 0 atom stereocenters. The summed E-state index contributed by atoms with van der Waals surface area (Å²) in [6.45, 7) is 5.07. The minimum Gasteiger partial charge on any atom is -0.508 e. The van der Waals surface area contributed by atoms with E-state index in [2.05, 4.69) is 75.9 Å². The molecule has 6 rings (SSSR count). The molecule has 5 aromatic rings. The molecule has 2 heterocycles. The average Bonchev–Trinajstić information content (AvgIpc) is 3.51. The Labute approximate surface area is 247 Å². The van der Waals surface area contributed by atoms with Gasteiger partial charge in [0, 0.05) is 23.8 Å². The number of hydrogen-bond acceptors (Lipinski definition) is 5. The lowest BCUT2D eigenvalue weighted by Gasteiger charge is -2.17. The molecule has 1 aliphatic rings. The number of carbonyl (C=O) groups is 1. The molecule has 6 heteroatoms. The maximum Gasteiger partial charge on any atom is 0.163 e. The molecule has 41 heavy (non-hydrogen) atoms. The number of nitrogens with zero attached hydrogens (tertiary/aromatic N) is 2. The van der Waals surface area contributed by atoms with Crippen molar-refractivity contribution in [3.63, 3.8) is 0 Å². The predicted molar refractivity (Wildman–Crippen MR) is 171 cm³/mol. The number of ketones is 1. The number of pyridine rings is 1. The van der Waals surface area contributed by atoms with E-state index in [0.29, 0.717) is 5.56 Å². The Morgan fingerprint density at radius 2 is 1.49 bits per heavy atom. The van der Waals surface area contributed by atoms with Crippen LogP contribution in [0.25, 0.3) is 33.2 Å². The number of Topliss-reactive ketones (excluding diaryl/α,β-unsaturated/α-hetero) is 1. The number of phenols is 1. The van der Waals surface area contributed by atoms with Gasteiger partial charge in [0.15, 0.2) is 5.78 Å². The summed E-state index contributed by atoms with van der Waals surface area (Å²) in [6, 6.07) is 30.3. The smallest absolute Gasteiger partial charge is 0.163 e. The van der Waals surface area contributed by atoms with Crippen LogP contribution in [-0.2, 0) is 6.42 Å². The van der Waals surface area contributed by atoms with Gasteiger partial charge in [0.2, 0.25) is 0 Å². The first-order chi connectivity index (χ1) is 19.5. The van der Waals surface area contributed by atoms with E-state index in [4.69, 9.17) is 0 Å². The zero-order valence-corrected chi connectivity index (χ0v) is 24.0. The second-order valence-corrected chi connectivity index (χ2v) is 10.6. The molecule has 0 spiro atoms. The number of aromatic hydroxyl groups is 1. The fourth-order valence-corrected chi connectivity index (χ4v) is 5.53. The number of halogens is 1. The van der Waals surface area contributed by atoms with Crippen molar-refractivity contribution in [1.29, 1.82) is 0 Å². The molecule has 0 amide bonds. The van der Waals surface area contributed by atoms with Crippen molar-refractivity contribution in [3.8, 4) is 28.0 Å². The minimum atomic E-state index is -0.0225. The van der Waals surface area contributed by atoms with E-state index in [-0.39, 0.29) is 23.9 Å². The van der Waals surface area contributed by atoms with E-state index in [1.807, 2.05) is 18.2 Å². The van der Waals surface area contributed by atoms with Crippen molar-refractivity contribution in [2.24, 2.45) is 0 Å². The van der Waals surface area contributed by atoms with Crippen molar-refractivity contribution in [2.75, 3.05) is 25.0 Å². The molecule has 0 bridgehead atoms. The number of anilines is 2. The van der Waals surface area contributed by atoms with Crippen LogP contribution in [0, 0.1) is 0 Å². The molecule has 1 saturated heterocycles. The number of benzene rings is 4. The SMILES string of the molecule is CC(=O)c1cnc2ccc(-c3ccc(-c4ccc(O)cc4)cc3)cc2c1Nc1cccc(CCN2CCCC2)c1.Cl. The van der Waals surface area contributed by atoms with Crippen LogP contribution in [0.2, 0.25) is 0 Å². The van der Waals surface area contributed by atoms with Crippen LogP contribution in [0.5, 0.6) is 5.75 Å². The first-order valence-electron chi connectivity index (χ1n) is 14.0. The van der Waals surface area contributed by atoms with Crippen molar-refractivity contribution in [1.82, 2.24) is 9.88 Å². The van der Waals surface area contributed by atoms with Gasteiger partial charge in [-0.05, 0) is 103 Å². The molecular weight excluding hydrogens is 530 g/mol. The number of aromatic nitrogens is 1. The van der Waals surface area contributed by atoms with Gasteiger partial charge in [-0.3, -0.25) is 9.78 Å². The minimum absolute atomic E-state index is 0. The standard InChI is InChI=1S/C35H33N3O2.ClH/c1-24(39)33-23-36-34-16-13-29(28-9-7-26(8-10-28)27-11-14-31(40)15-12-27)22-32(34)35(33)37-30-6-4-5-25(21-30)17-20-38-18-2-3-19-38;/h4-16,21-23,40H,2-3,17-20H2,1H3,(H,36,37);1H. The second kappa shape index (κ2) is 12.5. The van der Waals surface area contributed by atoms with Crippen molar-refractivity contribution in [3.05, 3.63) is 108 Å². The van der Waals surface area contributed by atoms with Crippen molar-refractivity contribution < 1.29 is 9.90 Å². The van der Waals surface area contributed by atoms with Gasteiger partial charge < -0.3 is 15.3 Å². The van der Waals surface area contributed by atoms with E-state index in [9.17, 15) is 9.90 Å². The Balaban J connectivity index is 0.00000337. The van der Waals surface area contributed by atoms with Crippen molar-refractivity contribution in [2.45, 2.75) is 26.2 Å². The zero-order chi connectivity index (χ0) is 27.5. The number of rotatable bonds is 8. The number of likely N-dealkylation sites (tertiary alicyclic amines) is 1. The molecule has 1 aliphatic heterocycles. The topological polar surface area (TPSA) is 65.5 Å². The first-order valence-corrected chi connectivity index (χ1v) is 14.0. The van der Waals surface area contributed by atoms with E-state index in [1.54, 1.807) is 25.3 Å². The summed E-state index contributed by atoms with van der Waals surface area (Å²) in [7, 11) is 0. The number of phenolic OH excluding ortho intramolecular Hbond substituents is 1. The summed E-state index contributed by atoms with van der Waals surface area (Å²) in [5.74, 6) is 0.235. The van der Waals surface area contributed by atoms with Crippen LogP contribution in [0.4, 0.5) is 11.4 Å². The molecule has 1 aromatic heterocycles. The number of nitrogens with one attached hydrogen (secondary N) is 1. The van der Waals surface area contributed by atoms with Crippen LogP contribution in [0.1, 0.15) is 35.7 Å². The molecular formula is C35H34ClN3O2. The highest BCUT2D eigenvalue weighted by Gasteiger charge is 2.15. The zero-order valence-electron chi connectivity index (χ0n) is 23.1. The van der Waals surface area contributed by atoms with Gasteiger partial charge in [-0.1, -0.05) is 54.6 Å². The average molecular weight is 564 g/mol. The van der Waals surface area contributed by atoms with Crippen molar-refractivity contribution >= 4 is 40.5 Å². The van der Waals surface area contributed by atoms with Gasteiger partial charge in [-0.25, -0.2) is 0 Å². The predicted octanol–water partition coefficient (Wildman–Crippen LogP) is 8.28. The van der Waals surface area contributed by atoms with Gasteiger partial charge in [0.25, 0.3) is 0 Å². The molecule has 4 aromatic carbocycles. The molecule has 0 saturated carbocycles. The largest absolute Gasteiger partial charge is 0.508 e. The highest BCUT2D eigenvalue weighted by atomic mass is 35.5. The molecule has 0 radical (unpaired) electrons. The van der Waals surface area contributed by atoms with E-state index >= 15 is 0 Å². The normalized spacial score (nSPS) is 13.2. The Hall–Kier alpha value is -4.19. The molecule has 2 N–H and O–H groups in total. The third-order valence-corrected chi connectivity index (χ3v) is 7.78. The lowest BCUT2D eigenvalue weighted by Crippen LogP contribution is -2.21. The summed E-state index contributed by atoms with van der Waals surface area (Å²) in [5.41, 5.74) is 8.71. The third kappa shape index (κ3) is 6.43. The Morgan fingerprint density at radius 1 is 0.854 bits per heavy atom. The van der Waals surface area contributed by atoms with Crippen LogP contribution in [-0.4, -0.2) is 40.4 Å². The fourth-order valence-electron chi connectivity index (χ4n) is 5.53. The summed E-state index contributed by atoms with van der Waals surface area (Å²) in [6.07, 6.45) is 5.29. The summed E-state index contributed by atoms with van der Waals surface area (Å²) >= 11 is 0. The van der Waals surface area contributed by atoms with E-state index in [0.717, 1.165) is 57.5 Å². The summed E-state index contributed by atoms with van der Waals surface area (Å²) < 4.78 is 0. The van der Waals surface area contributed by atoms with Crippen LogP contribution >= 0.6 is 12.4 Å². The van der Waals surface area contributed by atoms with Crippen LogP contribution < -0.4 is 5.32 Å². The van der Waals surface area contributed by atoms with Gasteiger partial charge in [0.05, 0.1) is 16.8 Å². The Kier molecular flexibility index (Phi) is 8.67. The number of hydrogen-bond donors (Lipinski definition) is 2. The quantitative estimate of drug-likeness (QED) is 0.186. The highest BCUT2D eigenvalue weighted by molar-refractivity contribution is 6.08. The molecule has 5 nitrogen and oxygen atoms in total. The monoisotopic (exact) mass is 563 g/mol. The Bertz CT molecular complexity index is 1660.